The predicted molar refractivity (Wildman–Crippen MR) is 145 cm³/mol. The first kappa shape index (κ1) is 27.0. The van der Waals surface area contributed by atoms with Crippen molar-refractivity contribution in [2.24, 2.45) is 5.41 Å². The van der Waals surface area contributed by atoms with E-state index in [0.717, 1.165) is 12.2 Å². The van der Waals surface area contributed by atoms with Gasteiger partial charge in [0.15, 0.2) is 0 Å². The Hall–Kier alpha value is -4.07. The maximum Gasteiger partial charge on any atom is 0.415 e. The Morgan fingerprint density at radius 2 is 1.58 bits per heavy atom. The minimum absolute atomic E-state index is 0.0117. The summed E-state index contributed by atoms with van der Waals surface area (Å²) in [5, 5.41) is 2.93. The average Bonchev–Trinajstić information content (AvgIpc) is 2.90. The summed E-state index contributed by atoms with van der Waals surface area (Å²) >= 11 is 0. The molecule has 0 spiro atoms. The van der Waals surface area contributed by atoms with Crippen LogP contribution in [-0.2, 0) is 0 Å². The Morgan fingerprint density at radius 3 is 2.21 bits per heavy atom. The molecule has 0 bridgehead atoms. The fraction of sp³-hybridized carbons (Fsp3) is 0.367. The number of rotatable bonds is 8. The number of likely N-dealkylation sites (tertiary alicyclic amines) is 1. The molecule has 0 radical (unpaired) electrons. The number of nitrogens with one attached hydrogen (secondary N) is 1. The number of piperidine rings is 1. The molecule has 2 amide bonds. The summed E-state index contributed by atoms with van der Waals surface area (Å²) in [5.41, 5.74) is 0.696. The molecule has 0 aliphatic carbocycles. The third kappa shape index (κ3) is 8.23. The van der Waals surface area contributed by atoms with Gasteiger partial charge in [-0.2, -0.15) is 0 Å². The molecule has 1 fully saturated rings. The van der Waals surface area contributed by atoms with Crippen molar-refractivity contribution < 1.29 is 23.8 Å². The first-order valence-electron chi connectivity index (χ1n) is 13.0. The molecule has 1 aliphatic heterocycles. The lowest BCUT2D eigenvalue weighted by Gasteiger charge is -2.31. The van der Waals surface area contributed by atoms with Gasteiger partial charge in [-0.05, 0) is 66.4 Å². The van der Waals surface area contributed by atoms with Gasteiger partial charge >= 0.3 is 6.09 Å². The zero-order valence-corrected chi connectivity index (χ0v) is 22.2. The van der Waals surface area contributed by atoms with Crippen molar-refractivity contribution in [3.63, 3.8) is 0 Å². The van der Waals surface area contributed by atoms with Crippen LogP contribution in [0.3, 0.4) is 0 Å². The van der Waals surface area contributed by atoms with Crippen LogP contribution in [0.2, 0.25) is 0 Å². The van der Waals surface area contributed by atoms with Crippen molar-refractivity contribution in [3.05, 3.63) is 78.5 Å². The molecule has 1 saturated heterocycles. The summed E-state index contributed by atoms with van der Waals surface area (Å²) < 4.78 is 17.3. The van der Waals surface area contributed by atoms with Gasteiger partial charge in [0, 0.05) is 50.3 Å². The summed E-state index contributed by atoms with van der Waals surface area (Å²) in [5.74, 6) is 2.25. The van der Waals surface area contributed by atoms with Gasteiger partial charge < -0.3 is 24.4 Å². The molecule has 2 heterocycles. The van der Waals surface area contributed by atoms with E-state index in [1.165, 1.54) is 0 Å². The van der Waals surface area contributed by atoms with Gasteiger partial charge in [-0.3, -0.25) is 4.79 Å². The third-order valence-electron chi connectivity index (χ3n) is 6.17. The second-order valence-corrected chi connectivity index (χ2v) is 10.5. The largest absolute Gasteiger partial charge is 0.490 e. The Kier molecular flexibility index (Phi) is 8.84. The summed E-state index contributed by atoms with van der Waals surface area (Å²) in [7, 11) is 0. The highest BCUT2D eigenvalue weighted by Crippen LogP contribution is 2.25. The fourth-order valence-electron chi connectivity index (χ4n) is 3.96. The number of carbonyl (C=O) groups is 2. The van der Waals surface area contributed by atoms with Crippen molar-refractivity contribution in [1.29, 1.82) is 0 Å². The molecule has 8 nitrogen and oxygen atoms in total. The first-order valence-corrected chi connectivity index (χ1v) is 13.0. The Balaban J connectivity index is 1.19. The second-order valence-electron chi connectivity index (χ2n) is 10.5. The summed E-state index contributed by atoms with van der Waals surface area (Å²) in [6, 6.07) is 19.6. The molecule has 1 aromatic heterocycles. The molecule has 0 unspecified atom stereocenters. The predicted octanol–water partition coefficient (Wildman–Crippen LogP) is 6.08. The first-order chi connectivity index (χ1) is 18.2. The summed E-state index contributed by atoms with van der Waals surface area (Å²) in [6.07, 6.45) is 3.59. The minimum Gasteiger partial charge on any atom is -0.490 e. The van der Waals surface area contributed by atoms with Gasteiger partial charge in [-0.1, -0.05) is 26.8 Å². The normalized spacial score (nSPS) is 14.0. The molecule has 4 rings (SSSR count). The number of benzene rings is 2. The quantitative estimate of drug-likeness (QED) is 0.389. The summed E-state index contributed by atoms with van der Waals surface area (Å²) in [4.78, 5) is 30.8. The van der Waals surface area contributed by atoms with Crippen LogP contribution in [0.1, 0.15) is 50.4 Å². The van der Waals surface area contributed by atoms with Crippen molar-refractivity contribution in [2.75, 3.05) is 19.6 Å². The highest BCUT2D eigenvalue weighted by Gasteiger charge is 2.25. The topological polar surface area (TPSA) is 90.0 Å². The van der Waals surface area contributed by atoms with Gasteiger partial charge in [0.1, 0.15) is 23.4 Å². The van der Waals surface area contributed by atoms with Crippen LogP contribution in [0, 0.1) is 5.41 Å². The molecule has 1 aliphatic rings. The fourth-order valence-corrected chi connectivity index (χ4v) is 3.96. The lowest BCUT2D eigenvalue weighted by atomic mass is 9.92. The van der Waals surface area contributed by atoms with Crippen LogP contribution in [0.4, 0.5) is 4.79 Å². The van der Waals surface area contributed by atoms with Crippen LogP contribution in [0.25, 0.3) is 0 Å². The second kappa shape index (κ2) is 12.4. The van der Waals surface area contributed by atoms with E-state index < -0.39 is 6.09 Å². The molecule has 0 saturated carbocycles. The SMILES string of the molecule is CC(C)(C)CCNC(=O)c1ccc(OC(=O)N2CCC(Oc3ccc(Oc4ccccn4)cc3)CC2)cc1. The van der Waals surface area contributed by atoms with Gasteiger partial charge in [0.05, 0.1) is 0 Å². The molecule has 8 heteroatoms. The van der Waals surface area contributed by atoms with Gasteiger partial charge in [-0.15, -0.1) is 0 Å². The molecular weight excluding hydrogens is 482 g/mol. The van der Waals surface area contributed by atoms with Crippen molar-refractivity contribution >= 4 is 12.0 Å². The van der Waals surface area contributed by atoms with Crippen LogP contribution in [0.5, 0.6) is 23.1 Å². The number of hydrogen-bond donors (Lipinski definition) is 1. The number of aromatic nitrogens is 1. The van der Waals surface area contributed by atoms with E-state index in [1.807, 2.05) is 36.4 Å². The molecule has 38 heavy (non-hydrogen) atoms. The lowest BCUT2D eigenvalue weighted by molar-refractivity contribution is 0.0929. The average molecular weight is 518 g/mol. The van der Waals surface area contributed by atoms with Gasteiger partial charge in [0.25, 0.3) is 5.91 Å². The Labute approximate surface area is 223 Å². The molecule has 200 valence electrons. The van der Waals surface area contributed by atoms with E-state index in [1.54, 1.807) is 41.4 Å². The van der Waals surface area contributed by atoms with Crippen LogP contribution < -0.4 is 19.5 Å². The lowest BCUT2D eigenvalue weighted by Crippen LogP contribution is -2.43. The van der Waals surface area contributed by atoms with E-state index in [4.69, 9.17) is 14.2 Å². The maximum atomic E-state index is 12.6. The van der Waals surface area contributed by atoms with Crippen molar-refractivity contribution in [1.82, 2.24) is 15.2 Å². The molecule has 0 atom stereocenters. The summed E-state index contributed by atoms with van der Waals surface area (Å²) in [6.45, 7) is 8.11. The Morgan fingerprint density at radius 1 is 0.921 bits per heavy atom. The smallest absolute Gasteiger partial charge is 0.415 e. The van der Waals surface area contributed by atoms with Gasteiger partial charge in [0.2, 0.25) is 5.88 Å². The number of ether oxygens (including phenoxy) is 3. The highest BCUT2D eigenvalue weighted by atomic mass is 16.6. The molecular formula is C30H35N3O5. The maximum absolute atomic E-state index is 12.6. The zero-order valence-electron chi connectivity index (χ0n) is 22.2. The van der Waals surface area contributed by atoms with E-state index in [0.29, 0.717) is 55.4 Å². The Bertz CT molecular complexity index is 1180. The van der Waals surface area contributed by atoms with Gasteiger partial charge in [-0.25, -0.2) is 9.78 Å². The minimum atomic E-state index is -0.401. The number of pyridine rings is 1. The third-order valence-corrected chi connectivity index (χ3v) is 6.17. The van der Waals surface area contributed by atoms with E-state index >= 15 is 0 Å². The zero-order chi connectivity index (χ0) is 27.0. The molecule has 3 aromatic rings. The highest BCUT2D eigenvalue weighted by molar-refractivity contribution is 5.94. The van der Waals surface area contributed by atoms with E-state index in [-0.39, 0.29) is 17.4 Å². The number of nitrogens with zero attached hydrogens (tertiary/aromatic N) is 2. The van der Waals surface area contributed by atoms with E-state index in [9.17, 15) is 9.59 Å². The van der Waals surface area contributed by atoms with Crippen LogP contribution >= 0.6 is 0 Å². The van der Waals surface area contributed by atoms with E-state index in [2.05, 4.69) is 31.1 Å². The number of hydrogen-bond acceptors (Lipinski definition) is 6. The van der Waals surface area contributed by atoms with Crippen LogP contribution in [0.15, 0.2) is 72.9 Å². The van der Waals surface area contributed by atoms with Crippen molar-refractivity contribution in [3.8, 4) is 23.1 Å². The molecule has 1 N–H and O–H groups in total. The van der Waals surface area contributed by atoms with Crippen molar-refractivity contribution in [2.45, 2.75) is 46.1 Å². The monoisotopic (exact) mass is 517 g/mol. The standard InChI is InChI=1S/C30H35N3O5/c1-30(2,3)17-19-32-28(34)22-7-9-25(10-8-22)38-29(35)33-20-15-26(16-21-33)36-23-11-13-24(14-12-23)37-27-6-4-5-18-31-27/h4-14,18,26H,15-17,19-21H2,1-3H3,(H,32,34). The number of carbonyl (C=O) groups excluding carboxylic acids is 2. The molecule has 2 aromatic carbocycles. The number of amides is 2. The van der Waals surface area contributed by atoms with Crippen LogP contribution in [-0.4, -0.2) is 47.6 Å².